The number of hydrogen-bond donors (Lipinski definition) is 1. The van der Waals surface area contributed by atoms with E-state index in [1.165, 1.54) is 5.69 Å². The van der Waals surface area contributed by atoms with Crippen LogP contribution in [0.2, 0.25) is 0 Å². The van der Waals surface area contributed by atoms with E-state index < -0.39 is 0 Å². The third-order valence-corrected chi connectivity index (χ3v) is 5.69. The molecule has 1 aliphatic carbocycles. The third-order valence-electron chi connectivity index (χ3n) is 5.69. The summed E-state index contributed by atoms with van der Waals surface area (Å²) in [5.41, 5.74) is 3.15. The van der Waals surface area contributed by atoms with Crippen LogP contribution in [0, 0.1) is 0 Å². The lowest BCUT2D eigenvalue weighted by atomic mass is 9.70. The van der Waals surface area contributed by atoms with Gasteiger partial charge >= 0.3 is 0 Å². The van der Waals surface area contributed by atoms with Crippen LogP contribution in [0.4, 0.5) is 0 Å². The quantitative estimate of drug-likeness (QED) is 0.944. The molecule has 0 radical (unpaired) electrons. The van der Waals surface area contributed by atoms with E-state index in [1.807, 2.05) is 31.2 Å². The van der Waals surface area contributed by atoms with E-state index in [2.05, 4.69) is 14.9 Å². The number of ether oxygens (including phenoxy) is 1. The minimum Gasteiger partial charge on any atom is -0.497 e. The number of amides is 1. The van der Waals surface area contributed by atoms with Crippen LogP contribution in [-0.4, -0.2) is 34.4 Å². The Kier molecular flexibility index (Phi) is 3.59. The van der Waals surface area contributed by atoms with Gasteiger partial charge in [0.15, 0.2) is 0 Å². The van der Waals surface area contributed by atoms with Crippen molar-refractivity contribution >= 4 is 5.91 Å². The molecule has 0 saturated heterocycles. The summed E-state index contributed by atoms with van der Waals surface area (Å²) in [4.78, 5) is 23.1. The predicted octanol–water partition coefficient (Wildman–Crippen LogP) is 2.99. The van der Waals surface area contributed by atoms with Gasteiger partial charge in [0.05, 0.1) is 30.6 Å². The van der Waals surface area contributed by atoms with Gasteiger partial charge in [-0.2, -0.15) is 0 Å². The molecule has 2 aromatic rings. The summed E-state index contributed by atoms with van der Waals surface area (Å²) in [5.74, 6) is 0.857. The number of hydrogen-bond acceptors (Lipinski definition) is 3. The van der Waals surface area contributed by atoms with E-state index in [1.54, 1.807) is 13.4 Å². The molecule has 1 atom stereocenters. The number of nitrogens with one attached hydrogen (secondary N) is 1. The van der Waals surface area contributed by atoms with Crippen LogP contribution in [0.3, 0.4) is 0 Å². The van der Waals surface area contributed by atoms with Crippen LogP contribution < -0.4 is 4.74 Å². The van der Waals surface area contributed by atoms with E-state index in [-0.39, 0.29) is 17.4 Å². The van der Waals surface area contributed by atoms with Crippen molar-refractivity contribution in [2.45, 2.75) is 44.1 Å². The number of carbonyl (C=O) groups is 1. The van der Waals surface area contributed by atoms with Gasteiger partial charge in [0.1, 0.15) is 5.75 Å². The molecule has 1 amide bonds. The molecule has 2 aliphatic rings. The largest absolute Gasteiger partial charge is 0.497 e. The number of rotatable bonds is 3. The number of aromatic amines is 1. The van der Waals surface area contributed by atoms with Crippen molar-refractivity contribution in [3.63, 3.8) is 0 Å². The maximum atomic E-state index is 13.2. The molecule has 4 rings (SSSR count). The summed E-state index contributed by atoms with van der Waals surface area (Å²) in [6.45, 7) is 2.77. The van der Waals surface area contributed by atoms with E-state index in [0.29, 0.717) is 0 Å². The third kappa shape index (κ3) is 2.14. The average Bonchev–Trinajstić information content (AvgIpc) is 3.07. The Bertz CT molecular complexity index is 746. The van der Waals surface area contributed by atoms with Gasteiger partial charge in [0, 0.05) is 18.7 Å². The monoisotopic (exact) mass is 325 g/mol. The summed E-state index contributed by atoms with van der Waals surface area (Å²) in [6.07, 6.45) is 5.83. The van der Waals surface area contributed by atoms with E-state index in [0.717, 1.165) is 49.2 Å². The van der Waals surface area contributed by atoms with Gasteiger partial charge in [-0.25, -0.2) is 4.98 Å². The molecule has 0 bridgehead atoms. The van der Waals surface area contributed by atoms with Gasteiger partial charge in [-0.15, -0.1) is 0 Å². The number of benzene rings is 1. The number of methoxy groups -OCH3 is 1. The first-order valence-corrected chi connectivity index (χ1v) is 8.64. The summed E-state index contributed by atoms with van der Waals surface area (Å²) in [5, 5.41) is 0. The molecule has 24 heavy (non-hydrogen) atoms. The summed E-state index contributed by atoms with van der Waals surface area (Å²) in [7, 11) is 1.65. The van der Waals surface area contributed by atoms with Gasteiger partial charge in [0.25, 0.3) is 0 Å². The molecule has 1 aromatic carbocycles. The summed E-state index contributed by atoms with van der Waals surface area (Å²) in [6, 6.07) is 7.80. The van der Waals surface area contributed by atoms with E-state index in [4.69, 9.17) is 4.74 Å². The minimum atomic E-state index is -0.175. The first-order valence-electron chi connectivity index (χ1n) is 8.64. The van der Waals surface area contributed by atoms with Gasteiger partial charge in [-0.3, -0.25) is 4.79 Å². The Labute approximate surface area is 142 Å². The molecule has 1 unspecified atom stereocenters. The Morgan fingerprint density at radius 2 is 2.08 bits per heavy atom. The second kappa shape index (κ2) is 5.65. The molecule has 1 aromatic heterocycles. The molecular formula is C19H23N3O2. The lowest BCUT2D eigenvalue weighted by molar-refractivity contribution is -0.145. The fraction of sp³-hybridized carbons (Fsp3) is 0.474. The number of fused-ring (bicyclic) bond motifs is 2. The molecule has 1 N–H and O–H groups in total. The second-order valence-electron chi connectivity index (χ2n) is 6.85. The maximum Gasteiger partial charge on any atom is 0.230 e. The molecule has 126 valence electrons. The lowest BCUT2D eigenvalue weighted by Crippen LogP contribution is -2.58. The Balaban J connectivity index is 1.61. The van der Waals surface area contributed by atoms with Crippen molar-refractivity contribution in [2.75, 3.05) is 13.7 Å². The number of carbonyl (C=O) groups excluding carboxylic acids is 1. The standard InChI is InChI=1S/C19H23N3O2/c1-13(14-4-6-15(24-2)7-5-14)18(23)22-11-8-16-17(21-12-20-16)19(22)9-3-10-19/h4-7,12-13H,3,8-11H2,1-2H3,(H,20,21). The molecule has 1 fully saturated rings. The van der Waals surface area contributed by atoms with Crippen LogP contribution in [0.15, 0.2) is 30.6 Å². The van der Waals surface area contributed by atoms with Crippen LogP contribution in [-0.2, 0) is 16.8 Å². The zero-order chi connectivity index (χ0) is 16.7. The first kappa shape index (κ1) is 15.2. The van der Waals surface area contributed by atoms with Gasteiger partial charge in [-0.1, -0.05) is 12.1 Å². The zero-order valence-electron chi connectivity index (χ0n) is 14.2. The smallest absolute Gasteiger partial charge is 0.230 e. The number of H-pyrrole nitrogens is 1. The van der Waals surface area contributed by atoms with Crippen molar-refractivity contribution < 1.29 is 9.53 Å². The molecule has 2 heterocycles. The number of aromatic nitrogens is 2. The summed E-state index contributed by atoms with van der Waals surface area (Å²) < 4.78 is 5.21. The first-order chi connectivity index (χ1) is 11.7. The molecule has 1 spiro atoms. The number of imidazole rings is 1. The molecule has 5 heteroatoms. The highest BCUT2D eigenvalue weighted by atomic mass is 16.5. The maximum absolute atomic E-state index is 13.2. The van der Waals surface area contributed by atoms with Crippen molar-refractivity contribution in [3.8, 4) is 5.75 Å². The van der Waals surface area contributed by atoms with Crippen molar-refractivity contribution in [1.29, 1.82) is 0 Å². The minimum absolute atomic E-state index is 0.158. The van der Waals surface area contributed by atoms with Gasteiger partial charge < -0.3 is 14.6 Å². The van der Waals surface area contributed by atoms with Gasteiger partial charge in [0.2, 0.25) is 5.91 Å². The molecule has 1 aliphatic heterocycles. The average molecular weight is 325 g/mol. The Morgan fingerprint density at radius 3 is 2.71 bits per heavy atom. The fourth-order valence-corrected chi connectivity index (χ4v) is 4.09. The van der Waals surface area contributed by atoms with E-state index >= 15 is 0 Å². The SMILES string of the molecule is COc1ccc(C(C)C(=O)N2CCc3[nH]cnc3C23CCC3)cc1. The normalized spacial score (nSPS) is 19.5. The Morgan fingerprint density at radius 1 is 1.33 bits per heavy atom. The highest BCUT2D eigenvalue weighted by Crippen LogP contribution is 2.49. The topological polar surface area (TPSA) is 58.2 Å². The van der Waals surface area contributed by atoms with Crippen molar-refractivity contribution in [3.05, 3.63) is 47.5 Å². The molecular weight excluding hydrogens is 302 g/mol. The van der Waals surface area contributed by atoms with Crippen LogP contribution >= 0.6 is 0 Å². The van der Waals surface area contributed by atoms with Crippen molar-refractivity contribution in [2.24, 2.45) is 0 Å². The zero-order valence-corrected chi connectivity index (χ0v) is 14.2. The highest BCUT2D eigenvalue weighted by molar-refractivity contribution is 5.84. The molecule has 1 saturated carbocycles. The predicted molar refractivity (Wildman–Crippen MR) is 90.9 cm³/mol. The Hall–Kier alpha value is -2.30. The molecule has 5 nitrogen and oxygen atoms in total. The van der Waals surface area contributed by atoms with Crippen LogP contribution in [0.25, 0.3) is 0 Å². The fourth-order valence-electron chi connectivity index (χ4n) is 4.09. The van der Waals surface area contributed by atoms with Crippen LogP contribution in [0.5, 0.6) is 5.75 Å². The summed E-state index contributed by atoms with van der Waals surface area (Å²) >= 11 is 0. The number of nitrogens with zero attached hydrogens (tertiary/aromatic N) is 2. The van der Waals surface area contributed by atoms with Gasteiger partial charge in [-0.05, 0) is 43.9 Å². The highest BCUT2D eigenvalue weighted by Gasteiger charge is 2.51. The van der Waals surface area contributed by atoms with Crippen LogP contribution in [0.1, 0.15) is 49.1 Å². The van der Waals surface area contributed by atoms with Crippen molar-refractivity contribution in [1.82, 2.24) is 14.9 Å². The van der Waals surface area contributed by atoms with E-state index in [9.17, 15) is 4.79 Å². The lowest BCUT2D eigenvalue weighted by Gasteiger charge is -2.52. The second-order valence-corrected chi connectivity index (χ2v) is 6.85.